The van der Waals surface area contributed by atoms with Gasteiger partial charge in [0.15, 0.2) is 11.5 Å². The fraction of sp³-hybridized carbons (Fsp3) is 0.167. The number of allylic oxidation sites excluding steroid dienone is 4. The molecule has 0 heterocycles. The van der Waals surface area contributed by atoms with Gasteiger partial charge in [0.1, 0.15) is 0 Å². The van der Waals surface area contributed by atoms with Crippen LogP contribution < -0.4 is 9.05 Å². The van der Waals surface area contributed by atoms with Crippen molar-refractivity contribution in [3.63, 3.8) is 0 Å². The molecule has 0 saturated carbocycles. The van der Waals surface area contributed by atoms with Crippen molar-refractivity contribution in [2.75, 3.05) is 0 Å². The Hall–Kier alpha value is -2.90. The van der Waals surface area contributed by atoms with Crippen molar-refractivity contribution in [3.05, 3.63) is 109 Å². The van der Waals surface area contributed by atoms with Crippen LogP contribution in [0.4, 0.5) is 0 Å². The summed E-state index contributed by atoms with van der Waals surface area (Å²) in [6.45, 7) is 15.1. The fourth-order valence-electron chi connectivity index (χ4n) is 2.78. The van der Waals surface area contributed by atoms with Gasteiger partial charge < -0.3 is 0 Å². The van der Waals surface area contributed by atoms with Crippen LogP contribution in [-0.4, -0.2) is 0 Å². The Morgan fingerprint density at radius 1 is 0.679 bits per heavy atom. The van der Waals surface area contributed by atoms with Crippen LogP contribution in [0.5, 0.6) is 11.5 Å². The molecule has 0 unspecified atom stereocenters. The first-order valence-corrected chi connectivity index (χ1v) is 10.2. The normalized spacial score (nSPS) is 10.0. The Bertz CT molecular complexity index is 812. The summed E-state index contributed by atoms with van der Waals surface area (Å²) in [6, 6.07) is 11.6. The van der Waals surface area contributed by atoms with Gasteiger partial charge in [-0.1, -0.05) is 48.6 Å². The molecule has 4 heteroatoms. The van der Waals surface area contributed by atoms with Gasteiger partial charge >= 0.3 is 8.25 Å². The zero-order chi connectivity index (χ0) is 20.4. The van der Waals surface area contributed by atoms with E-state index >= 15 is 0 Å². The number of hydrogen-bond acceptors (Lipinski definition) is 3. The van der Waals surface area contributed by atoms with E-state index in [0.29, 0.717) is 37.2 Å². The van der Waals surface area contributed by atoms with Gasteiger partial charge in [-0.2, -0.15) is 0 Å². The van der Waals surface area contributed by atoms with Crippen molar-refractivity contribution in [2.24, 2.45) is 0 Å². The molecule has 0 aromatic heterocycles. The molecule has 3 nitrogen and oxygen atoms in total. The highest BCUT2D eigenvalue weighted by Gasteiger charge is 2.27. The van der Waals surface area contributed by atoms with Gasteiger partial charge in [0.25, 0.3) is 0 Å². The largest absolute Gasteiger partial charge is 0.805 e. The molecule has 0 aliphatic rings. The Morgan fingerprint density at radius 2 is 1.07 bits per heavy atom. The van der Waals surface area contributed by atoms with E-state index in [-0.39, 0.29) is 0 Å². The van der Waals surface area contributed by atoms with Crippen molar-refractivity contribution in [3.8, 4) is 11.5 Å². The predicted octanol–water partition coefficient (Wildman–Crippen LogP) is 6.72. The van der Waals surface area contributed by atoms with Crippen LogP contribution >= 0.6 is 8.25 Å². The van der Waals surface area contributed by atoms with E-state index in [0.717, 1.165) is 22.3 Å². The molecule has 0 saturated heterocycles. The van der Waals surface area contributed by atoms with Crippen LogP contribution in [0.15, 0.2) is 87.0 Å². The first-order valence-electron chi connectivity index (χ1n) is 9.11. The maximum absolute atomic E-state index is 12.6. The van der Waals surface area contributed by atoms with E-state index in [1.165, 1.54) is 0 Å². The van der Waals surface area contributed by atoms with Gasteiger partial charge in [-0.15, -0.1) is 26.3 Å². The fourth-order valence-corrected chi connectivity index (χ4v) is 3.48. The number of rotatable bonds is 12. The molecular weight excluding hydrogens is 367 g/mol. The van der Waals surface area contributed by atoms with Crippen LogP contribution in [-0.2, 0) is 30.2 Å². The van der Waals surface area contributed by atoms with Crippen molar-refractivity contribution < 1.29 is 13.6 Å². The molecule has 0 spiro atoms. The minimum Gasteiger partial charge on any atom is -0.222 e. The summed E-state index contributed by atoms with van der Waals surface area (Å²) in [7, 11) is -2.40. The van der Waals surface area contributed by atoms with Gasteiger partial charge in [-0.25, -0.2) is 9.05 Å². The minimum atomic E-state index is -2.40. The molecule has 0 aliphatic carbocycles. The van der Waals surface area contributed by atoms with Crippen molar-refractivity contribution in [2.45, 2.75) is 25.7 Å². The van der Waals surface area contributed by atoms with Crippen LogP contribution in [0.1, 0.15) is 22.3 Å². The Morgan fingerprint density at radius 3 is 1.43 bits per heavy atom. The van der Waals surface area contributed by atoms with E-state index in [1.807, 2.05) is 48.6 Å². The molecule has 0 amide bonds. The zero-order valence-electron chi connectivity index (χ0n) is 16.1. The molecule has 0 N–H and O–H groups in total. The Kier molecular flexibility index (Phi) is 8.45. The summed E-state index contributed by atoms with van der Waals surface area (Å²) >= 11 is 0. The van der Waals surface area contributed by atoms with E-state index in [9.17, 15) is 4.57 Å². The predicted molar refractivity (Wildman–Crippen MR) is 117 cm³/mol. The molecule has 0 fully saturated rings. The maximum atomic E-state index is 12.6. The molecule has 144 valence electrons. The van der Waals surface area contributed by atoms with Crippen molar-refractivity contribution >= 4 is 8.25 Å². The first-order chi connectivity index (χ1) is 13.6. The highest BCUT2D eigenvalue weighted by molar-refractivity contribution is 7.34. The molecule has 2 aromatic rings. The average Bonchev–Trinajstić information content (AvgIpc) is 2.66. The standard InChI is InChI=1S/C24H26O3P/c1-5-9-19-13-15-21(11-7-3)23(17-19)26-28(25)27-24-18-20(10-6-2)14-16-22(24)12-8-4/h5-8,13-18H,1-4,9-12H2/q+1. The molecular formula is C24H26O3P+. The average molecular weight is 393 g/mol. The van der Waals surface area contributed by atoms with Crippen LogP contribution in [0.25, 0.3) is 0 Å². The lowest BCUT2D eigenvalue weighted by molar-refractivity contribution is 0.412. The maximum Gasteiger partial charge on any atom is 0.805 e. The Balaban J connectivity index is 2.25. The van der Waals surface area contributed by atoms with Gasteiger partial charge in [-0.3, -0.25) is 0 Å². The lowest BCUT2D eigenvalue weighted by Gasteiger charge is -2.06. The second-order valence-electron chi connectivity index (χ2n) is 6.26. The van der Waals surface area contributed by atoms with E-state index in [2.05, 4.69) is 26.3 Å². The van der Waals surface area contributed by atoms with E-state index < -0.39 is 8.25 Å². The molecule has 28 heavy (non-hydrogen) atoms. The lowest BCUT2D eigenvalue weighted by atomic mass is 10.1. The number of benzene rings is 2. The summed E-state index contributed by atoms with van der Waals surface area (Å²) in [5, 5.41) is 0. The highest BCUT2D eigenvalue weighted by Crippen LogP contribution is 2.36. The molecule has 2 rings (SSSR count). The second-order valence-corrected chi connectivity index (χ2v) is 7.07. The summed E-state index contributed by atoms with van der Waals surface area (Å²) in [5.74, 6) is 1.07. The third-order valence-corrected chi connectivity index (χ3v) is 4.79. The van der Waals surface area contributed by atoms with Crippen LogP contribution in [0.2, 0.25) is 0 Å². The summed E-state index contributed by atoms with van der Waals surface area (Å²) < 4.78 is 24.0. The SMILES string of the molecule is C=CCc1ccc(CC=C)c(O[P+](=O)Oc2cc(CC=C)ccc2CC=C)c1. The lowest BCUT2D eigenvalue weighted by Crippen LogP contribution is -1.97. The van der Waals surface area contributed by atoms with Crippen LogP contribution in [0, 0.1) is 0 Å². The third-order valence-electron chi connectivity index (χ3n) is 4.10. The van der Waals surface area contributed by atoms with Crippen molar-refractivity contribution in [1.82, 2.24) is 0 Å². The van der Waals surface area contributed by atoms with E-state index in [1.54, 1.807) is 12.2 Å². The van der Waals surface area contributed by atoms with Gasteiger partial charge in [0.2, 0.25) is 0 Å². The van der Waals surface area contributed by atoms with Crippen molar-refractivity contribution in [1.29, 1.82) is 0 Å². The Labute approximate surface area is 168 Å². The van der Waals surface area contributed by atoms with Gasteiger partial charge in [0.05, 0.1) is 0 Å². The second kappa shape index (κ2) is 11.1. The van der Waals surface area contributed by atoms with Gasteiger partial charge in [0, 0.05) is 15.7 Å². The molecule has 2 aromatic carbocycles. The zero-order valence-corrected chi connectivity index (χ0v) is 17.0. The molecule has 0 aliphatic heterocycles. The quantitative estimate of drug-likeness (QED) is 0.297. The molecule has 0 bridgehead atoms. The van der Waals surface area contributed by atoms with E-state index in [4.69, 9.17) is 9.05 Å². The van der Waals surface area contributed by atoms with Gasteiger partial charge in [-0.05, 0) is 48.9 Å². The topological polar surface area (TPSA) is 35.5 Å². The third kappa shape index (κ3) is 6.07. The first kappa shape index (κ1) is 21.4. The monoisotopic (exact) mass is 393 g/mol. The highest BCUT2D eigenvalue weighted by atomic mass is 31.1. The summed E-state index contributed by atoms with van der Waals surface area (Å²) in [6.07, 6.45) is 9.83. The molecule has 0 radical (unpaired) electrons. The summed E-state index contributed by atoms with van der Waals surface area (Å²) in [5.41, 5.74) is 3.87. The number of hydrogen-bond donors (Lipinski definition) is 0. The molecule has 0 atom stereocenters. The summed E-state index contributed by atoms with van der Waals surface area (Å²) in [4.78, 5) is 0. The van der Waals surface area contributed by atoms with Crippen LogP contribution in [0.3, 0.4) is 0 Å². The smallest absolute Gasteiger partial charge is 0.222 e. The minimum absolute atomic E-state index is 0.535.